The molecule has 2 amide bonds. The number of nitro benzene ring substituents is 1. The van der Waals surface area contributed by atoms with Crippen LogP contribution in [0.3, 0.4) is 0 Å². The summed E-state index contributed by atoms with van der Waals surface area (Å²) in [6, 6.07) is 3.73. The normalized spacial score (nSPS) is 30.6. The molecule has 4 atom stereocenters. The number of allylic oxidation sites excluding steroid dienone is 2. The molecular weight excluding hydrogens is 314 g/mol. The van der Waals surface area contributed by atoms with Gasteiger partial charge >= 0.3 is 5.69 Å². The first-order valence-corrected chi connectivity index (χ1v) is 7.55. The highest BCUT2D eigenvalue weighted by Gasteiger charge is 2.59. The molecule has 1 saturated carbocycles. The number of phenols is 1. The summed E-state index contributed by atoms with van der Waals surface area (Å²) < 4.78 is 0. The van der Waals surface area contributed by atoms with Crippen molar-refractivity contribution in [2.24, 2.45) is 28.8 Å². The van der Waals surface area contributed by atoms with Crippen LogP contribution in [0.5, 0.6) is 5.75 Å². The van der Waals surface area contributed by atoms with E-state index in [4.69, 9.17) is 0 Å². The van der Waals surface area contributed by atoms with Crippen LogP contribution in [0.2, 0.25) is 0 Å². The van der Waals surface area contributed by atoms with E-state index in [0.717, 1.165) is 17.5 Å². The fourth-order valence-corrected chi connectivity index (χ4v) is 3.89. The minimum atomic E-state index is -0.716. The van der Waals surface area contributed by atoms with Gasteiger partial charge in [-0.2, -0.15) is 10.1 Å². The number of carbonyl (C=O) groups excluding carboxylic acids is 2. The number of benzene rings is 1. The Labute approximate surface area is 136 Å². The largest absolute Gasteiger partial charge is 0.502 e. The molecule has 1 aliphatic heterocycles. The highest BCUT2D eigenvalue weighted by Crippen LogP contribution is 2.52. The Balaban J connectivity index is 1.59. The number of rotatable bonds is 3. The van der Waals surface area contributed by atoms with Gasteiger partial charge in [0.05, 0.1) is 23.0 Å². The Morgan fingerprint density at radius 1 is 1.21 bits per heavy atom. The van der Waals surface area contributed by atoms with Crippen LogP contribution in [0, 0.1) is 33.8 Å². The number of fused-ring (bicyclic) bond motifs is 5. The Kier molecular flexibility index (Phi) is 3.02. The molecule has 2 bridgehead atoms. The van der Waals surface area contributed by atoms with E-state index in [9.17, 15) is 24.8 Å². The molecule has 1 heterocycles. The number of aromatic hydroxyl groups is 1. The zero-order valence-electron chi connectivity index (χ0n) is 12.4. The predicted octanol–water partition coefficient (Wildman–Crippen LogP) is 1.44. The van der Waals surface area contributed by atoms with Crippen molar-refractivity contribution < 1.29 is 19.6 Å². The Bertz CT molecular complexity index is 801. The Morgan fingerprint density at radius 2 is 1.83 bits per heavy atom. The molecule has 24 heavy (non-hydrogen) atoms. The van der Waals surface area contributed by atoms with Crippen LogP contribution in [-0.2, 0) is 9.59 Å². The van der Waals surface area contributed by atoms with E-state index in [2.05, 4.69) is 5.10 Å². The third-order valence-corrected chi connectivity index (χ3v) is 4.97. The van der Waals surface area contributed by atoms with Crippen LogP contribution in [0.25, 0.3) is 0 Å². The van der Waals surface area contributed by atoms with Crippen molar-refractivity contribution >= 4 is 23.7 Å². The van der Waals surface area contributed by atoms with Gasteiger partial charge < -0.3 is 5.11 Å². The number of carbonyl (C=O) groups is 2. The topological polar surface area (TPSA) is 113 Å². The van der Waals surface area contributed by atoms with Crippen molar-refractivity contribution in [3.05, 3.63) is 46.0 Å². The molecule has 1 aromatic carbocycles. The van der Waals surface area contributed by atoms with Crippen LogP contribution < -0.4 is 0 Å². The van der Waals surface area contributed by atoms with Crippen molar-refractivity contribution in [1.29, 1.82) is 0 Å². The molecule has 1 saturated heterocycles. The van der Waals surface area contributed by atoms with Gasteiger partial charge in [0.2, 0.25) is 0 Å². The van der Waals surface area contributed by atoms with Gasteiger partial charge in [0.25, 0.3) is 11.8 Å². The molecule has 8 heteroatoms. The van der Waals surface area contributed by atoms with Crippen molar-refractivity contribution in [2.75, 3.05) is 0 Å². The number of nitrogens with zero attached hydrogens (tertiary/aromatic N) is 3. The van der Waals surface area contributed by atoms with Gasteiger partial charge in [0, 0.05) is 11.6 Å². The summed E-state index contributed by atoms with van der Waals surface area (Å²) in [6.07, 6.45) is 6.05. The zero-order valence-corrected chi connectivity index (χ0v) is 12.4. The standard InChI is InChI=1S/C16H13N3O5/c20-12-4-1-8(5-11(12)19(23)24)7-17-18-15(21)13-9-2-3-10(6-9)14(13)16(18)22/h1-5,7,9-10,13-14,20H,6H2/b17-7-/t9-,10-,13+,14+/m0/s1. The van der Waals surface area contributed by atoms with Crippen LogP contribution >= 0.6 is 0 Å². The van der Waals surface area contributed by atoms with E-state index in [-0.39, 0.29) is 35.5 Å². The number of hydrazone groups is 1. The van der Waals surface area contributed by atoms with Gasteiger partial charge in [-0.25, -0.2) is 0 Å². The molecule has 2 aliphatic carbocycles. The first kappa shape index (κ1) is 14.6. The van der Waals surface area contributed by atoms with E-state index in [1.54, 1.807) is 0 Å². The number of nitro groups is 1. The second-order valence-electron chi connectivity index (χ2n) is 6.24. The minimum absolute atomic E-state index is 0.103. The lowest BCUT2D eigenvalue weighted by Crippen LogP contribution is -2.28. The van der Waals surface area contributed by atoms with E-state index in [1.165, 1.54) is 18.3 Å². The van der Waals surface area contributed by atoms with E-state index < -0.39 is 16.4 Å². The molecule has 3 aliphatic rings. The number of imide groups is 1. The summed E-state index contributed by atoms with van der Waals surface area (Å²) in [6.45, 7) is 0. The SMILES string of the molecule is O=C1[C@H]2[C@H](C(=O)N1/N=C\c1ccc(O)c([N+](=O)[O-])c1)[C@H]1C=C[C@H]2C1. The lowest BCUT2D eigenvalue weighted by atomic mass is 9.85. The maximum Gasteiger partial charge on any atom is 0.311 e. The molecule has 0 unspecified atom stereocenters. The second kappa shape index (κ2) is 4.98. The van der Waals surface area contributed by atoms with Crippen LogP contribution in [0.4, 0.5) is 5.69 Å². The van der Waals surface area contributed by atoms with Gasteiger partial charge in [-0.05, 0) is 30.4 Å². The lowest BCUT2D eigenvalue weighted by molar-refractivity contribution is -0.385. The van der Waals surface area contributed by atoms with Crippen LogP contribution in [0.1, 0.15) is 12.0 Å². The lowest BCUT2D eigenvalue weighted by Gasteiger charge is -2.13. The smallest absolute Gasteiger partial charge is 0.311 e. The third-order valence-electron chi connectivity index (χ3n) is 4.97. The maximum atomic E-state index is 12.4. The molecular formula is C16H13N3O5. The Hall–Kier alpha value is -3.03. The van der Waals surface area contributed by atoms with E-state index >= 15 is 0 Å². The summed E-state index contributed by atoms with van der Waals surface area (Å²) in [5.41, 5.74) is -0.143. The quantitative estimate of drug-likeness (QED) is 0.297. The molecule has 1 N–H and O–H groups in total. The average Bonchev–Trinajstić information content (AvgIpc) is 3.22. The van der Waals surface area contributed by atoms with Crippen molar-refractivity contribution in [3.63, 3.8) is 0 Å². The summed E-state index contributed by atoms with van der Waals surface area (Å²) in [7, 11) is 0. The van der Waals surface area contributed by atoms with Crippen molar-refractivity contribution in [3.8, 4) is 5.75 Å². The molecule has 0 spiro atoms. The summed E-state index contributed by atoms with van der Waals surface area (Å²) in [5.74, 6) is -1.55. The summed E-state index contributed by atoms with van der Waals surface area (Å²) in [4.78, 5) is 35.0. The number of hydrogen-bond donors (Lipinski definition) is 1. The maximum absolute atomic E-state index is 12.4. The second-order valence-corrected chi connectivity index (χ2v) is 6.24. The van der Waals surface area contributed by atoms with E-state index in [1.807, 2.05) is 12.2 Å². The number of phenolic OH excluding ortho intramolecular Hbond substituents is 1. The summed E-state index contributed by atoms with van der Waals surface area (Å²) in [5, 5.41) is 25.1. The minimum Gasteiger partial charge on any atom is -0.502 e. The molecule has 2 fully saturated rings. The van der Waals surface area contributed by atoms with Crippen LogP contribution in [0.15, 0.2) is 35.5 Å². The highest BCUT2D eigenvalue weighted by molar-refractivity contribution is 6.06. The molecule has 1 aromatic rings. The van der Waals surface area contributed by atoms with Gasteiger partial charge in [-0.1, -0.05) is 12.2 Å². The summed E-state index contributed by atoms with van der Waals surface area (Å²) >= 11 is 0. The third kappa shape index (κ3) is 1.96. The molecule has 122 valence electrons. The predicted molar refractivity (Wildman–Crippen MR) is 81.9 cm³/mol. The molecule has 0 radical (unpaired) electrons. The van der Waals surface area contributed by atoms with Gasteiger partial charge in [-0.15, -0.1) is 0 Å². The molecule has 0 aromatic heterocycles. The monoisotopic (exact) mass is 327 g/mol. The van der Waals surface area contributed by atoms with Crippen LogP contribution in [-0.4, -0.2) is 33.1 Å². The Morgan fingerprint density at radius 3 is 2.42 bits per heavy atom. The van der Waals surface area contributed by atoms with E-state index in [0.29, 0.717) is 5.56 Å². The average molecular weight is 327 g/mol. The van der Waals surface area contributed by atoms with Gasteiger partial charge in [0.1, 0.15) is 0 Å². The first-order valence-electron chi connectivity index (χ1n) is 7.55. The zero-order chi connectivity index (χ0) is 17.0. The van der Waals surface area contributed by atoms with Crippen molar-refractivity contribution in [1.82, 2.24) is 5.01 Å². The fourth-order valence-electron chi connectivity index (χ4n) is 3.89. The first-order chi connectivity index (χ1) is 11.5. The number of hydrogen-bond acceptors (Lipinski definition) is 6. The highest BCUT2D eigenvalue weighted by atomic mass is 16.6. The van der Waals surface area contributed by atoms with Gasteiger partial charge in [-0.3, -0.25) is 19.7 Å². The molecule has 4 rings (SSSR count). The van der Waals surface area contributed by atoms with Crippen molar-refractivity contribution in [2.45, 2.75) is 6.42 Å². The number of amides is 2. The molecule has 8 nitrogen and oxygen atoms in total. The van der Waals surface area contributed by atoms with Gasteiger partial charge in [0.15, 0.2) is 5.75 Å². The fraction of sp³-hybridized carbons (Fsp3) is 0.312.